The van der Waals surface area contributed by atoms with E-state index in [-0.39, 0.29) is 65.4 Å². The molecule has 1 spiro atoms. The minimum Gasteiger partial charge on any atom is -0.466 e. The summed E-state index contributed by atoms with van der Waals surface area (Å²) in [6, 6.07) is 0. The standard InChI is InChI=1S/C36H42O12/c1-7-14(2)29(40)46-13-34(43)20-8-18(20)32(4)22(34)10-17-16(12-37)31(42)47-36(17)23(32)11-35(48-44)21-9-19(21)33(5)27(35)25(36)24(26(38)28(33)39)15(3)30(41)45-6/h7,18-23,28,37,39,43-44H,8-13H2,1-6H3/b14-7+,24-15-/t18-,19-,20+,21+,22-,23+,28+,32+,33+,34+,35+,36+/m1/s1. The Hall–Kier alpha value is -3.16. The normalized spacial score (nSPS) is 48.5. The van der Waals surface area contributed by atoms with E-state index < -0.39 is 75.9 Å². The van der Waals surface area contributed by atoms with Gasteiger partial charge in [0.2, 0.25) is 0 Å². The SMILES string of the molecule is C/C=C(\C)C(=O)OC[C@]1(O)[C@H]2C[C@H]2[C@]2(C)[C@@H]3C[C@@]4(OO)C5=C(/C(=C(\C)C(=O)OC)C(=O)[C@H](O)[C@@]5(C)[C@@H]5C[C@@H]54)[C@@]34OC(=O)C(CO)=C4C[C@@H]12. The fourth-order valence-electron chi connectivity index (χ4n) is 12.1. The lowest BCUT2D eigenvalue weighted by Gasteiger charge is -2.63. The van der Waals surface area contributed by atoms with E-state index in [1.807, 2.05) is 6.92 Å². The first-order valence-electron chi connectivity index (χ1n) is 16.8. The molecule has 0 unspecified atom stereocenters. The second kappa shape index (κ2) is 9.54. The van der Waals surface area contributed by atoms with Crippen molar-refractivity contribution < 1.29 is 58.9 Å². The first kappa shape index (κ1) is 32.1. The van der Waals surface area contributed by atoms with Crippen LogP contribution < -0.4 is 0 Å². The van der Waals surface area contributed by atoms with Gasteiger partial charge in [-0.2, -0.15) is 0 Å². The molecule has 5 fully saturated rings. The topological polar surface area (TPSA) is 186 Å². The molecule has 1 aliphatic heterocycles. The molecule has 0 aromatic carbocycles. The van der Waals surface area contributed by atoms with Crippen LogP contribution in [-0.4, -0.2) is 87.5 Å². The number of aliphatic hydroxyl groups excluding tert-OH is 2. The summed E-state index contributed by atoms with van der Waals surface area (Å²) >= 11 is 0. The van der Waals surface area contributed by atoms with E-state index in [0.717, 1.165) is 0 Å². The second-order valence-electron chi connectivity index (χ2n) is 15.8. The van der Waals surface area contributed by atoms with Crippen molar-refractivity contribution in [1.29, 1.82) is 0 Å². The maximum absolute atomic E-state index is 14.4. The zero-order chi connectivity index (χ0) is 34.7. The van der Waals surface area contributed by atoms with Crippen molar-refractivity contribution in [3.05, 3.63) is 45.1 Å². The van der Waals surface area contributed by atoms with Gasteiger partial charge in [0.1, 0.15) is 23.9 Å². The third kappa shape index (κ3) is 3.25. The fraction of sp³-hybridized carbons (Fsp3) is 0.667. The van der Waals surface area contributed by atoms with E-state index in [9.17, 15) is 39.8 Å². The molecule has 0 aromatic heterocycles. The van der Waals surface area contributed by atoms with Crippen LogP contribution in [0.15, 0.2) is 45.1 Å². The molecule has 8 rings (SSSR count). The Morgan fingerprint density at radius 2 is 1.73 bits per heavy atom. The van der Waals surface area contributed by atoms with Crippen LogP contribution in [-0.2, 0) is 38.3 Å². The summed E-state index contributed by atoms with van der Waals surface area (Å²) in [5.74, 6) is -5.00. The Balaban J connectivity index is 1.41. The Kier molecular flexibility index (Phi) is 6.37. The summed E-state index contributed by atoms with van der Waals surface area (Å²) in [4.78, 5) is 59.8. The van der Waals surface area contributed by atoms with Gasteiger partial charge in [-0.1, -0.05) is 19.9 Å². The molecular formula is C36H42O12. The summed E-state index contributed by atoms with van der Waals surface area (Å²) in [5.41, 5.74) is -5.36. The monoisotopic (exact) mass is 666 g/mol. The van der Waals surface area contributed by atoms with Crippen molar-refractivity contribution in [2.24, 2.45) is 46.3 Å². The lowest BCUT2D eigenvalue weighted by molar-refractivity contribution is -0.330. The third-order valence-corrected chi connectivity index (χ3v) is 14.5. The summed E-state index contributed by atoms with van der Waals surface area (Å²) in [7, 11) is 1.18. The zero-order valence-corrected chi connectivity index (χ0v) is 27.9. The van der Waals surface area contributed by atoms with Crippen molar-refractivity contribution in [3.63, 3.8) is 0 Å². The minimum atomic E-state index is -1.67. The molecule has 5 saturated carbocycles. The maximum Gasteiger partial charge on any atom is 0.337 e. The Morgan fingerprint density at radius 1 is 1.04 bits per heavy atom. The van der Waals surface area contributed by atoms with E-state index in [1.165, 1.54) is 14.0 Å². The number of fused-ring (bicyclic) bond motifs is 7. The van der Waals surface area contributed by atoms with Crippen LogP contribution >= 0.6 is 0 Å². The number of ketones is 1. The molecular weight excluding hydrogens is 624 g/mol. The molecule has 0 amide bonds. The summed E-state index contributed by atoms with van der Waals surface area (Å²) in [5, 5.41) is 45.9. The second-order valence-corrected chi connectivity index (χ2v) is 15.8. The third-order valence-electron chi connectivity index (χ3n) is 14.5. The minimum absolute atomic E-state index is 0.00394. The van der Waals surface area contributed by atoms with E-state index >= 15 is 0 Å². The predicted molar refractivity (Wildman–Crippen MR) is 163 cm³/mol. The molecule has 12 atom stereocenters. The Labute approximate surface area is 277 Å². The van der Waals surface area contributed by atoms with E-state index in [1.54, 1.807) is 26.8 Å². The quantitative estimate of drug-likeness (QED) is 0.107. The molecule has 258 valence electrons. The van der Waals surface area contributed by atoms with Crippen molar-refractivity contribution in [1.82, 2.24) is 0 Å². The highest BCUT2D eigenvalue weighted by Crippen LogP contribution is 2.84. The van der Waals surface area contributed by atoms with Crippen LogP contribution in [0.3, 0.4) is 0 Å². The number of carbonyl (C=O) groups excluding carboxylic acids is 4. The number of carbonyl (C=O) groups is 4. The van der Waals surface area contributed by atoms with E-state index in [4.69, 9.17) is 19.1 Å². The average Bonchev–Trinajstić information content (AvgIpc) is 3.99. The van der Waals surface area contributed by atoms with Crippen LogP contribution in [0, 0.1) is 46.3 Å². The van der Waals surface area contributed by atoms with Crippen LogP contribution in [0.4, 0.5) is 0 Å². The Bertz CT molecular complexity index is 1750. The molecule has 1 heterocycles. The maximum atomic E-state index is 14.4. The molecule has 12 nitrogen and oxygen atoms in total. The summed E-state index contributed by atoms with van der Waals surface area (Å²) in [6.07, 6.45) is 1.45. The number of ether oxygens (including phenoxy) is 3. The summed E-state index contributed by atoms with van der Waals surface area (Å²) < 4.78 is 17.3. The predicted octanol–water partition coefficient (Wildman–Crippen LogP) is 2.12. The van der Waals surface area contributed by atoms with Gasteiger partial charge in [0.15, 0.2) is 11.4 Å². The fourth-order valence-corrected chi connectivity index (χ4v) is 12.1. The number of hydrogen-bond donors (Lipinski definition) is 4. The van der Waals surface area contributed by atoms with Gasteiger partial charge in [0, 0.05) is 39.5 Å². The van der Waals surface area contributed by atoms with Crippen molar-refractivity contribution in [3.8, 4) is 0 Å². The molecule has 0 radical (unpaired) electrons. The van der Waals surface area contributed by atoms with Gasteiger partial charge >= 0.3 is 17.9 Å². The van der Waals surface area contributed by atoms with Crippen LogP contribution in [0.25, 0.3) is 0 Å². The highest BCUT2D eigenvalue weighted by atomic mass is 17.1. The first-order chi connectivity index (χ1) is 22.6. The van der Waals surface area contributed by atoms with Crippen molar-refractivity contribution in [2.75, 3.05) is 20.3 Å². The largest absolute Gasteiger partial charge is 0.466 e. The van der Waals surface area contributed by atoms with Gasteiger partial charge in [-0.25, -0.2) is 19.3 Å². The number of aliphatic hydroxyl groups is 3. The smallest absolute Gasteiger partial charge is 0.337 e. The number of rotatable bonds is 6. The highest BCUT2D eigenvalue weighted by molar-refractivity contribution is 6.12. The lowest BCUT2D eigenvalue weighted by atomic mass is 9.43. The highest BCUT2D eigenvalue weighted by Gasteiger charge is 2.86. The molecule has 0 saturated heterocycles. The molecule has 0 aromatic rings. The summed E-state index contributed by atoms with van der Waals surface area (Å²) in [6.45, 7) is 7.62. The molecule has 0 bridgehead atoms. The molecule has 48 heavy (non-hydrogen) atoms. The van der Waals surface area contributed by atoms with Crippen molar-refractivity contribution in [2.45, 2.75) is 83.2 Å². The van der Waals surface area contributed by atoms with Gasteiger partial charge in [0.05, 0.1) is 19.3 Å². The number of hydrogen-bond acceptors (Lipinski definition) is 12. The molecule has 7 aliphatic carbocycles. The number of methoxy groups -OCH3 is 1. The van der Waals surface area contributed by atoms with Crippen molar-refractivity contribution >= 4 is 23.7 Å². The lowest BCUT2D eigenvalue weighted by Crippen LogP contribution is -2.67. The van der Waals surface area contributed by atoms with Gasteiger partial charge in [-0.3, -0.25) is 10.1 Å². The van der Waals surface area contributed by atoms with Gasteiger partial charge < -0.3 is 29.5 Å². The number of Topliss-reactive ketones (excluding diaryl/α,β-unsaturated/α-hetero) is 1. The van der Waals surface area contributed by atoms with E-state index in [0.29, 0.717) is 29.6 Å². The Morgan fingerprint density at radius 3 is 2.35 bits per heavy atom. The zero-order valence-electron chi connectivity index (χ0n) is 27.9. The molecule has 8 aliphatic rings. The van der Waals surface area contributed by atoms with Gasteiger partial charge in [-0.05, 0) is 86.7 Å². The van der Waals surface area contributed by atoms with Crippen LogP contribution in [0.2, 0.25) is 0 Å². The number of allylic oxidation sites excluding steroid dienone is 1. The number of esters is 3. The first-order valence-corrected chi connectivity index (χ1v) is 16.8. The van der Waals surface area contributed by atoms with Crippen LogP contribution in [0.1, 0.15) is 60.3 Å². The van der Waals surface area contributed by atoms with Gasteiger partial charge in [-0.15, -0.1) is 0 Å². The van der Waals surface area contributed by atoms with Crippen LogP contribution in [0.5, 0.6) is 0 Å². The molecule has 4 N–H and O–H groups in total. The molecule has 12 heteroatoms. The van der Waals surface area contributed by atoms with E-state index in [2.05, 4.69) is 0 Å². The average molecular weight is 667 g/mol. The van der Waals surface area contributed by atoms with Gasteiger partial charge in [0.25, 0.3) is 0 Å².